The topological polar surface area (TPSA) is 72.2 Å². The van der Waals surface area contributed by atoms with Crippen molar-refractivity contribution in [2.45, 2.75) is 6.42 Å². The van der Waals surface area contributed by atoms with E-state index in [0.717, 1.165) is 29.6 Å². The van der Waals surface area contributed by atoms with Crippen molar-refractivity contribution in [1.29, 1.82) is 0 Å². The Morgan fingerprint density at radius 2 is 1.86 bits per heavy atom. The van der Waals surface area contributed by atoms with Crippen LogP contribution in [0.3, 0.4) is 0 Å². The van der Waals surface area contributed by atoms with E-state index in [2.05, 4.69) is 5.32 Å². The molecule has 0 fully saturated rings. The molecule has 3 N–H and O–H groups in total. The number of hydrogen-bond donors (Lipinski definition) is 2. The first kappa shape index (κ1) is 13.6. The molecule has 0 bridgehead atoms. The summed E-state index contributed by atoms with van der Waals surface area (Å²) in [4.78, 5) is 20.2. The maximum atomic E-state index is 10.4. The second kappa shape index (κ2) is 10.7. The molecule has 0 saturated heterocycles. The Labute approximate surface area is 92.8 Å². The van der Waals surface area contributed by atoms with Crippen molar-refractivity contribution in [1.82, 2.24) is 5.32 Å². The number of rotatable bonds is 10. The summed E-state index contributed by atoms with van der Waals surface area (Å²) < 4.78 is 0. The zero-order valence-corrected chi connectivity index (χ0v) is 9.66. The van der Waals surface area contributed by atoms with Gasteiger partial charge in [0.1, 0.15) is 0 Å². The van der Waals surface area contributed by atoms with Crippen molar-refractivity contribution in [3.63, 3.8) is 0 Å². The second-order valence-electron chi connectivity index (χ2n) is 2.51. The largest absolute Gasteiger partial charge is 0.370 e. The van der Waals surface area contributed by atoms with Crippen LogP contribution in [0.4, 0.5) is 0 Å². The molecular formula is C8H16N2O2S2. The Morgan fingerprint density at radius 3 is 2.43 bits per heavy atom. The number of hydrogen-bond acceptors (Lipinski definition) is 4. The Kier molecular flexibility index (Phi) is 10.4. The minimum absolute atomic E-state index is 0.236. The normalized spacial score (nSPS) is 9.71. The molecule has 0 spiro atoms. The lowest BCUT2D eigenvalue weighted by molar-refractivity contribution is -0.117. The molecule has 0 aliphatic rings. The van der Waals surface area contributed by atoms with Gasteiger partial charge < -0.3 is 11.1 Å². The summed E-state index contributed by atoms with van der Waals surface area (Å²) >= 11 is 3.53. The third-order valence-electron chi connectivity index (χ3n) is 1.34. The first-order valence-electron chi connectivity index (χ1n) is 4.38. The van der Waals surface area contributed by atoms with Gasteiger partial charge in [-0.05, 0) is 0 Å². The van der Waals surface area contributed by atoms with Gasteiger partial charge >= 0.3 is 0 Å². The molecule has 0 rings (SSSR count). The molecule has 0 unspecified atom stereocenters. The Balaban J connectivity index is 2.92. The Hall–Kier alpha value is -0.360. The molecule has 0 aromatic carbocycles. The zero-order valence-electron chi connectivity index (χ0n) is 8.03. The minimum atomic E-state index is -0.236. The van der Waals surface area contributed by atoms with Gasteiger partial charge in [0.25, 0.3) is 0 Å². The van der Waals surface area contributed by atoms with Crippen LogP contribution < -0.4 is 11.1 Å². The lowest BCUT2D eigenvalue weighted by Crippen LogP contribution is -2.14. The fraction of sp³-hybridized carbons (Fsp3) is 0.750. The molecule has 82 valence electrons. The predicted molar refractivity (Wildman–Crippen MR) is 62.5 cm³/mol. The van der Waals surface area contributed by atoms with E-state index in [1.165, 1.54) is 0 Å². The van der Waals surface area contributed by atoms with Crippen molar-refractivity contribution >= 4 is 35.8 Å². The van der Waals surface area contributed by atoms with E-state index < -0.39 is 0 Å². The molecule has 0 aliphatic heterocycles. The van der Waals surface area contributed by atoms with E-state index in [-0.39, 0.29) is 5.91 Å². The lowest BCUT2D eigenvalue weighted by atomic mass is 10.5. The molecule has 0 heterocycles. The third kappa shape index (κ3) is 11.6. The molecule has 0 aromatic heterocycles. The van der Waals surface area contributed by atoms with Crippen LogP contribution in [0, 0.1) is 0 Å². The van der Waals surface area contributed by atoms with E-state index >= 15 is 0 Å². The monoisotopic (exact) mass is 236 g/mol. The lowest BCUT2D eigenvalue weighted by Gasteiger charge is -2.00. The number of carbonyl (C=O) groups is 2. The minimum Gasteiger partial charge on any atom is -0.370 e. The van der Waals surface area contributed by atoms with Gasteiger partial charge in [-0.15, -0.1) is 0 Å². The zero-order chi connectivity index (χ0) is 10.6. The van der Waals surface area contributed by atoms with Gasteiger partial charge in [-0.3, -0.25) is 9.59 Å². The average Bonchev–Trinajstić information content (AvgIpc) is 2.15. The third-order valence-corrected chi connectivity index (χ3v) is 3.57. The van der Waals surface area contributed by atoms with Crippen LogP contribution in [0.5, 0.6) is 0 Å². The molecule has 14 heavy (non-hydrogen) atoms. The van der Waals surface area contributed by atoms with Crippen LogP contribution >= 0.6 is 23.5 Å². The highest BCUT2D eigenvalue weighted by Gasteiger charge is 1.94. The van der Waals surface area contributed by atoms with Gasteiger partial charge in [0.2, 0.25) is 12.3 Å². The highest BCUT2D eigenvalue weighted by molar-refractivity contribution is 8.02. The highest BCUT2D eigenvalue weighted by Crippen LogP contribution is 2.07. The summed E-state index contributed by atoms with van der Waals surface area (Å²) in [5.74, 6) is 3.58. The van der Waals surface area contributed by atoms with Crippen LogP contribution in [0.25, 0.3) is 0 Å². The Morgan fingerprint density at radius 1 is 1.21 bits per heavy atom. The number of nitrogens with one attached hydrogen (secondary N) is 1. The van der Waals surface area contributed by atoms with E-state index in [0.29, 0.717) is 12.8 Å². The molecule has 0 radical (unpaired) electrons. The molecule has 0 aliphatic carbocycles. The SMILES string of the molecule is NC(=O)CCSCCSCCNC=O. The average molecular weight is 236 g/mol. The molecule has 0 atom stereocenters. The smallest absolute Gasteiger partial charge is 0.218 e. The maximum Gasteiger partial charge on any atom is 0.218 e. The molecule has 6 heteroatoms. The van der Waals surface area contributed by atoms with Gasteiger partial charge in [0.15, 0.2) is 0 Å². The highest BCUT2D eigenvalue weighted by atomic mass is 32.2. The number of nitrogens with two attached hydrogens (primary N) is 1. The van der Waals surface area contributed by atoms with Crippen molar-refractivity contribution < 1.29 is 9.59 Å². The van der Waals surface area contributed by atoms with Crippen molar-refractivity contribution in [3.05, 3.63) is 0 Å². The first-order valence-corrected chi connectivity index (χ1v) is 6.69. The van der Waals surface area contributed by atoms with E-state index in [9.17, 15) is 9.59 Å². The van der Waals surface area contributed by atoms with E-state index in [1.54, 1.807) is 23.5 Å². The number of carbonyl (C=O) groups excluding carboxylic acids is 2. The summed E-state index contributed by atoms with van der Waals surface area (Å²) in [7, 11) is 0. The van der Waals surface area contributed by atoms with Gasteiger partial charge in [0, 0.05) is 36.0 Å². The maximum absolute atomic E-state index is 10.4. The molecule has 4 nitrogen and oxygen atoms in total. The standard InChI is InChI=1S/C8H16N2O2S2/c9-8(12)1-3-13-5-6-14-4-2-10-7-11/h7H,1-6H2,(H2,9,12)(H,10,11). The van der Waals surface area contributed by atoms with Crippen LogP contribution in [-0.4, -0.2) is 41.9 Å². The molecule has 0 saturated carbocycles. The van der Waals surface area contributed by atoms with Crippen molar-refractivity contribution in [2.24, 2.45) is 5.73 Å². The second-order valence-corrected chi connectivity index (χ2v) is 4.96. The quantitative estimate of drug-likeness (QED) is 0.416. The number of amides is 2. The van der Waals surface area contributed by atoms with Gasteiger partial charge in [-0.25, -0.2) is 0 Å². The summed E-state index contributed by atoms with van der Waals surface area (Å²) in [6.07, 6.45) is 1.17. The van der Waals surface area contributed by atoms with Gasteiger partial charge in [-0.1, -0.05) is 0 Å². The fourth-order valence-corrected chi connectivity index (χ4v) is 2.64. The van der Waals surface area contributed by atoms with Crippen molar-refractivity contribution in [2.75, 3.05) is 29.6 Å². The summed E-state index contributed by atoms with van der Waals surface area (Å²) in [5.41, 5.74) is 4.99. The number of primary amides is 1. The molecule has 0 aromatic rings. The predicted octanol–water partition coefficient (Wildman–Crippen LogP) is 0.0742. The summed E-state index contributed by atoms with van der Waals surface area (Å²) in [5, 5.41) is 2.60. The van der Waals surface area contributed by atoms with Crippen molar-refractivity contribution in [3.8, 4) is 0 Å². The van der Waals surface area contributed by atoms with Crippen LogP contribution in [-0.2, 0) is 9.59 Å². The number of thioether (sulfide) groups is 2. The first-order chi connectivity index (χ1) is 6.77. The van der Waals surface area contributed by atoms with Crippen LogP contribution in [0.15, 0.2) is 0 Å². The molecular weight excluding hydrogens is 220 g/mol. The summed E-state index contributed by atoms with van der Waals surface area (Å²) in [6.45, 7) is 0.722. The summed E-state index contributed by atoms with van der Waals surface area (Å²) in [6, 6.07) is 0. The fourth-order valence-electron chi connectivity index (χ4n) is 0.685. The Bertz CT molecular complexity index is 167. The van der Waals surface area contributed by atoms with E-state index in [4.69, 9.17) is 5.73 Å². The van der Waals surface area contributed by atoms with Gasteiger partial charge in [0.05, 0.1) is 0 Å². The molecule has 2 amide bonds. The van der Waals surface area contributed by atoms with Crippen LogP contribution in [0.1, 0.15) is 6.42 Å². The van der Waals surface area contributed by atoms with Crippen LogP contribution in [0.2, 0.25) is 0 Å². The van der Waals surface area contributed by atoms with E-state index in [1.807, 2.05) is 0 Å². The van der Waals surface area contributed by atoms with Gasteiger partial charge in [-0.2, -0.15) is 23.5 Å².